The predicted molar refractivity (Wildman–Crippen MR) is 126 cm³/mol. The summed E-state index contributed by atoms with van der Waals surface area (Å²) in [6.07, 6.45) is 2.05. The number of hydrogen-bond acceptors (Lipinski definition) is 3. The fourth-order valence-corrected chi connectivity index (χ4v) is 4.28. The molecule has 3 aromatic carbocycles. The zero-order valence-corrected chi connectivity index (χ0v) is 19.6. The zero-order valence-electron chi connectivity index (χ0n) is 16.4. The summed E-state index contributed by atoms with van der Waals surface area (Å²) in [4.78, 5) is 38.1. The van der Waals surface area contributed by atoms with E-state index in [-0.39, 0.29) is 11.3 Å². The van der Waals surface area contributed by atoms with E-state index in [0.29, 0.717) is 16.9 Å². The average molecular weight is 558 g/mol. The van der Waals surface area contributed by atoms with Crippen LogP contribution in [0.1, 0.15) is 16.7 Å². The lowest BCUT2D eigenvalue weighted by molar-refractivity contribution is -0.122. The summed E-state index contributed by atoms with van der Waals surface area (Å²) in [5.41, 5.74) is 2.22. The Morgan fingerprint density at radius 2 is 1.56 bits per heavy atom. The van der Waals surface area contributed by atoms with Crippen LogP contribution in [-0.4, -0.2) is 17.8 Å². The van der Waals surface area contributed by atoms with E-state index in [1.165, 1.54) is 24.3 Å². The number of anilines is 1. The van der Waals surface area contributed by atoms with Crippen LogP contribution in [0, 0.1) is 5.82 Å². The van der Waals surface area contributed by atoms with Gasteiger partial charge in [0.2, 0.25) is 0 Å². The number of amides is 4. The van der Waals surface area contributed by atoms with Crippen LogP contribution in [0.5, 0.6) is 0 Å². The van der Waals surface area contributed by atoms with Crippen LogP contribution < -0.4 is 10.2 Å². The molecule has 4 rings (SSSR count). The van der Waals surface area contributed by atoms with Crippen LogP contribution >= 0.6 is 31.9 Å². The molecular formula is C24H15Br2FN2O3. The molecule has 0 saturated carbocycles. The van der Waals surface area contributed by atoms with Crippen molar-refractivity contribution in [2.45, 2.75) is 6.42 Å². The Labute approximate surface area is 200 Å². The Morgan fingerprint density at radius 1 is 0.875 bits per heavy atom. The molecule has 4 amide bonds. The van der Waals surface area contributed by atoms with Crippen LogP contribution in [0.4, 0.5) is 14.9 Å². The number of para-hydroxylation sites is 1. The molecule has 0 radical (unpaired) electrons. The molecule has 8 heteroatoms. The molecule has 1 aliphatic heterocycles. The molecule has 0 spiro atoms. The molecule has 0 atom stereocenters. The lowest BCUT2D eigenvalue weighted by Gasteiger charge is -2.26. The van der Waals surface area contributed by atoms with E-state index >= 15 is 0 Å². The van der Waals surface area contributed by atoms with Crippen molar-refractivity contribution in [1.29, 1.82) is 0 Å². The quantitative estimate of drug-likeness (QED) is 0.335. The van der Waals surface area contributed by atoms with Crippen molar-refractivity contribution < 1.29 is 18.8 Å². The van der Waals surface area contributed by atoms with Gasteiger partial charge in [0.15, 0.2) is 0 Å². The van der Waals surface area contributed by atoms with E-state index in [4.69, 9.17) is 0 Å². The Kier molecular flexibility index (Phi) is 6.34. The maximum absolute atomic E-state index is 14.2. The topological polar surface area (TPSA) is 66.5 Å². The fourth-order valence-electron chi connectivity index (χ4n) is 3.32. The highest BCUT2D eigenvalue weighted by Crippen LogP contribution is 2.28. The normalized spacial score (nSPS) is 15.3. The first-order valence-electron chi connectivity index (χ1n) is 9.53. The minimum absolute atomic E-state index is 0.224. The standard InChI is InChI=1S/C24H15Br2FN2O3/c25-18-6-2-1-5-15(18)13-16-10-9-14(12-19(16)26)11-17-22(30)28-24(32)29(23(17)31)21-8-4-3-7-20(21)27/h1-12H,13H2,(H,28,30,32)/b17-11-. The molecule has 1 N–H and O–H groups in total. The molecule has 0 bridgehead atoms. The number of hydrogen-bond donors (Lipinski definition) is 1. The molecular weight excluding hydrogens is 543 g/mol. The monoisotopic (exact) mass is 556 g/mol. The number of carbonyl (C=O) groups is 3. The van der Waals surface area contributed by atoms with Gasteiger partial charge in [0.1, 0.15) is 11.4 Å². The van der Waals surface area contributed by atoms with Crippen LogP contribution in [-0.2, 0) is 16.0 Å². The number of rotatable bonds is 4. The third-order valence-corrected chi connectivity index (χ3v) is 6.43. The summed E-state index contributed by atoms with van der Waals surface area (Å²) >= 11 is 7.09. The molecule has 32 heavy (non-hydrogen) atoms. The van der Waals surface area contributed by atoms with Crippen molar-refractivity contribution in [3.05, 3.63) is 104 Å². The summed E-state index contributed by atoms with van der Waals surface area (Å²) in [6, 6.07) is 17.7. The smallest absolute Gasteiger partial charge is 0.273 e. The van der Waals surface area contributed by atoms with Crippen molar-refractivity contribution in [2.75, 3.05) is 4.90 Å². The van der Waals surface area contributed by atoms with E-state index in [2.05, 4.69) is 37.2 Å². The first-order valence-corrected chi connectivity index (χ1v) is 11.1. The molecule has 0 unspecified atom stereocenters. The minimum atomic E-state index is -0.993. The third kappa shape index (κ3) is 4.42. The number of nitrogens with zero attached hydrogens (tertiary/aromatic N) is 1. The van der Waals surface area contributed by atoms with Crippen LogP contribution in [0.2, 0.25) is 0 Å². The second-order valence-corrected chi connectivity index (χ2v) is 8.74. The molecule has 160 valence electrons. The highest BCUT2D eigenvalue weighted by Gasteiger charge is 2.37. The SMILES string of the molecule is O=C1NC(=O)N(c2ccccc2F)C(=O)/C1=C\c1ccc(Cc2ccccc2Br)c(Br)c1. The summed E-state index contributed by atoms with van der Waals surface area (Å²) in [5, 5.41) is 2.10. The van der Waals surface area contributed by atoms with Gasteiger partial charge in [0, 0.05) is 8.95 Å². The second-order valence-electron chi connectivity index (χ2n) is 7.03. The number of benzene rings is 3. The Morgan fingerprint density at radius 3 is 2.28 bits per heavy atom. The minimum Gasteiger partial charge on any atom is -0.273 e. The van der Waals surface area contributed by atoms with Gasteiger partial charge in [-0.25, -0.2) is 14.1 Å². The zero-order chi connectivity index (χ0) is 22.8. The maximum Gasteiger partial charge on any atom is 0.336 e. The molecule has 0 aromatic heterocycles. The van der Waals surface area contributed by atoms with Crippen LogP contribution in [0.25, 0.3) is 6.08 Å². The lowest BCUT2D eigenvalue weighted by Crippen LogP contribution is -2.54. The van der Waals surface area contributed by atoms with Crippen molar-refractivity contribution >= 4 is 61.5 Å². The Balaban J connectivity index is 1.65. The van der Waals surface area contributed by atoms with Gasteiger partial charge in [-0.15, -0.1) is 0 Å². The van der Waals surface area contributed by atoms with Crippen LogP contribution in [0.15, 0.2) is 81.2 Å². The van der Waals surface area contributed by atoms with Crippen molar-refractivity contribution in [2.24, 2.45) is 0 Å². The van der Waals surface area contributed by atoms with E-state index in [1.807, 2.05) is 30.3 Å². The molecule has 0 aliphatic carbocycles. The molecule has 1 fully saturated rings. The van der Waals surface area contributed by atoms with E-state index in [0.717, 1.165) is 26.1 Å². The summed E-state index contributed by atoms with van der Waals surface area (Å²) in [6.45, 7) is 0. The van der Waals surface area contributed by atoms with Gasteiger partial charge in [-0.3, -0.25) is 14.9 Å². The highest BCUT2D eigenvalue weighted by atomic mass is 79.9. The van der Waals surface area contributed by atoms with Crippen molar-refractivity contribution in [1.82, 2.24) is 5.32 Å². The van der Waals surface area contributed by atoms with Crippen molar-refractivity contribution in [3.8, 4) is 0 Å². The third-order valence-electron chi connectivity index (χ3n) is 4.92. The van der Waals surface area contributed by atoms with Gasteiger partial charge in [-0.05, 0) is 53.5 Å². The Hall–Kier alpha value is -3.10. The van der Waals surface area contributed by atoms with E-state index in [1.54, 1.807) is 12.1 Å². The summed E-state index contributed by atoms with van der Waals surface area (Å²) in [5.74, 6) is -2.47. The van der Waals surface area contributed by atoms with Gasteiger partial charge >= 0.3 is 6.03 Å². The molecule has 3 aromatic rings. The lowest BCUT2D eigenvalue weighted by atomic mass is 10.0. The molecule has 5 nitrogen and oxygen atoms in total. The first kappa shape index (κ1) is 22.1. The van der Waals surface area contributed by atoms with E-state index < -0.39 is 23.7 Å². The molecule has 1 saturated heterocycles. The number of urea groups is 1. The number of nitrogens with one attached hydrogen (secondary N) is 1. The van der Waals surface area contributed by atoms with Gasteiger partial charge in [-0.2, -0.15) is 0 Å². The number of imide groups is 2. The van der Waals surface area contributed by atoms with Crippen LogP contribution in [0.3, 0.4) is 0 Å². The number of barbiturate groups is 1. The second kappa shape index (κ2) is 9.18. The first-order chi connectivity index (χ1) is 15.3. The average Bonchev–Trinajstić information content (AvgIpc) is 2.75. The van der Waals surface area contributed by atoms with Gasteiger partial charge in [0.25, 0.3) is 11.8 Å². The van der Waals surface area contributed by atoms with Crippen molar-refractivity contribution in [3.63, 3.8) is 0 Å². The number of halogens is 3. The maximum atomic E-state index is 14.2. The van der Waals surface area contributed by atoms with Gasteiger partial charge in [0.05, 0.1) is 5.69 Å². The van der Waals surface area contributed by atoms with Gasteiger partial charge in [-0.1, -0.05) is 74.3 Å². The fraction of sp³-hybridized carbons (Fsp3) is 0.0417. The largest absolute Gasteiger partial charge is 0.336 e. The molecule has 1 aliphatic rings. The number of carbonyl (C=O) groups excluding carboxylic acids is 3. The van der Waals surface area contributed by atoms with E-state index in [9.17, 15) is 18.8 Å². The summed E-state index contributed by atoms with van der Waals surface area (Å²) in [7, 11) is 0. The summed E-state index contributed by atoms with van der Waals surface area (Å²) < 4.78 is 16.0. The predicted octanol–water partition coefficient (Wildman–Crippen LogP) is 5.61. The Bertz CT molecular complexity index is 1290. The highest BCUT2D eigenvalue weighted by molar-refractivity contribution is 9.10. The molecule has 1 heterocycles. The van der Waals surface area contributed by atoms with Gasteiger partial charge < -0.3 is 0 Å².